The third-order valence-electron chi connectivity index (χ3n) is 2.78. The van der Waals surface area contributed by atoms with E-state index in [9.17, 15) is 0 Å². The summed E-state index contributed by atoms with van der Waals surface area (Å²) in [6, 6.07) is 17.3. The molecule has 0 saturated carbocycles. The van der Waals surface area contributed by atoms with E-state index in [2.05, 4.69) is 11.1 Å². The van der Waals surface area contributed by atoms with Crippen LogP contribution in [0.4, 0.5) is 0 Å². The first-order chi connectivity index (χ1) is 8.85. The summed E-state index contributed by atoms with van der Waals surface area (Å²) in [6.07, 6.45) is 0.639. The van der Waals surface area contributed by atoms with Gasteiger partial charge in [-0.1, -0.05) is 24.3 Å². The second kappa shape index (κ2) is 4.34. The predicted molar refractivity (Wildman–Crippen MR) is 68.0 cm³/mol. The first kappa shape index (κ1) is 10.5. The van der Waals surface area contributed by atoms with Crippen LogP contribution < -0.4 is 0 Å². The summed E-state index contributed by atoms with van der Waals surface area (Å²) in [5.41, 5.74) is 3.43. The standard InChI is InChI=1S/C15H10N2O/c16-10-12-7-5-11(6-8-12)9-15-17-13-3-1-2-4-14(13)18-15/h1-8H,9H2. The topological polar surface area (TPSA) is 49.8 Å². The SMILES string of the molecule is N#Cc1ccc(Cc2nc3ccccc3o2)cc1. The fraction of sp³-hybridized carbons (Fsp3) is 0.0667. The number of hydrogen-bond donors (Lipinski definition) is 0. The summed E-state index contributed by atoms with van der Waals surface area (Å²) < 4.78 is 5.65. The maximum absolute atomic E-state index is 8.73. The Hall–Kier alpha value is -2.60. The van der Waals surface area contributed by atoms with E-state index in [0.717, 1.165) is 16.7 Å². The molecule has 0 saturated heterocycles. The number of aromatic nitrogens is 1. The normalized spacial score (nSPS) is 10.4. The lowest BCUT2D eigenvalue weighted by molar-refractivity contribution is 0.544. The molecular weight excluding hydrogens is 224 g/mol. The molecule has 0 spiro atoms. The Labute approximate surface area is 104 Å². The van der Waals surface area contributed by atoms with Crippen molar-refractivity contribution in [1.29, 1.82) is 5.26 Å². The maximum atomic E-state index is 8.73. The maximum Gasteiger partial charge on any atom is 0.199 e. The van der Waals surface area contributed by atoms with Gasteiger partial charge in [-0.15, -0.1) is 0 Å². The summed E-state index contributed by atoms with van der Waals surface area (Å²) in [5.74, 6) is 0.695. The zero-order valence-corrected chi connectivity index (χ0v) is 9.63. The molecule has 3 nitrogen and oxygen atoms in total. The first-order valence-electron chi connectivity index (χ1n) is 5.68. The molecule has 3 aromatic rings. The van der Waals surface area contributed by atoms with Crippen molar-refractivity contribution in [2.75, 3.05) is 0 Å². The van der Waals surface area contributed by atoms with E-state index in [1.165, 1.54) is 0 Å². The first-order valence-corrected chi connectivity index (χ1v) is 5.68. The largest absolute Gasteiger partial charge is 0.440 e. The van der Waals surface area contributed by atoms with Crippen LogP contribution in [0, 0.1) is 11.3 Å². The second-order valence-electron chi connectivity index (χ2n) is 4.06. The lowest BCUT2D eigenvalue weighted by Crippen LogP contribution is -1.88. The van der Waals surface area contributed by atoms with Crippen molar-refractivity contribution in [3.8, 4) is 6.07 Å². The number of hydrogen-bond acceptors (Lipinski definition) is 3. The molecule has 0 bridgehead atoms. The van der Waals surface area contributed by atoms with Gasteiger partial charge < -0.3 is 4.42 Å². The van der Waals surface area contributed by atoms with Gasteiger partial charge in [-0.05, 0) is 29.8 Å². The second-order valence-corrected chi connectivity index (χ2v) is 4.06. The number of nitriles is 1. The molecule has 18 heavy (non-hydrogen) atoms. The zero-order chi connectivity index (χ0) is 12.4. The van der Waals surface area contributed by atoms with Crippen LogP contribution in [0.15, 0.2) is 52.9 Å². The fourth-order valence-corrected chi connectivity index (χ4v) is 1.87. The fourth-order valence-electron chi connectivity index (χ4n) is 1.87. The van der Waals surface area contributed by atoms with Gasteiger partial charge in [0.15, 0.2) is 11.5 Å². The zero-order valence-electron chi connectivity index (χ0n) is 9.63. The summed E-state index contributed by atoms with van der Waals surface area (Å²) in [6.45, 7) is 0. The predicted octanol–water partition coefficient (Wildman–Crippen LogP) is 3.29. The molecule has 0 radical (unpaired) electrons. The Balaban J connectivity index is 1.89. The van der Waals surface area contributed by atoms with Gasteiger partial charge in [0.25, 0.3) is 0 Å². The quantitative estimate of drug-likeness (QED) is 0.683. The van der Waals surface area contributed by atoms with E-state index >= 15 is 0 Å². The van der Waals surface area contributed by atoms with E-state index in [1.807, 2.05) is 36.4 Å². The minimum absolute atomic E-state index is 0.639. The molecule has 3 heteroatoms. The molecule has 3 rings (SSSR count). The summed E-state index contributed by atoms with van der Waals surface area (Å²) >= 11 is 0. The van der Waals surface area contributed by atoms with Crippen molar-refractivity contribution in [2.45, 2.75) is 6.42 Å². The lowest BCUT2D eigenvalue weighted by Gasteiger charge is -1.96. The van der Waals surface area contributed by atoms with Crippen LogP contribution in [0.2, 0.25) is 0 Å². The Bertz CT molecular complexity index is 687. The van der Waals surface area contributed by atoms with Crippen molar-refractivity contribution in [3.63, 3.8) is 0 Å². The van der Waals surface area contributed by atoms with Crippen molar-refractivity contribution < 1.29 is 4.42 Å². The number of rotatable bonds is 2. The van der Waals surface area contributed by atoms with Crippen molar-refractivity contribution >= 4 is 11.1 Å². The highest BCUT2D eigenvalue weighted by molar-refractivity contribution is 5.72. The third-order valence-corrected chi connectivity index (χ3v) is 2.78. The van der Waals surface area contributed by atoms with Gasteiger partial charge in [0.2, 0.25) is 0 Å². The van der Waals surface area contributed by atoms with Gasteiger partial charge in [-0.3, -0.25) is 0 Å². The summed E-state index contributed by atoms with van der Waals surface area (Å²) in [7, 11) is 0. The average Bonchev–Trinajstić information content (AvgIpc) is 2.82. The Kier molecular flexibility index (Phi) is 2.54. The van der Waals surface area contributed by atoms with E-state index in [-0.39, 0.29) is 0 Å². The van der Waals surface area contributed by atoms with E-state index < -0.39 is 0 Å². The molecular formula is C15H10N2O. The highest BCUT2D eigenvalue weighted by atomic mass is 16.3. The van der Waals surface area contributed by atoms with E-state index in [0.29, 0.717) is 17.9 Å². The van der Waals surface area contributed by atoms with Crippen LogP contribution in [0.1, 0.15) is 17.0 Å². The minimum Gasteiger partial charge on any atom is -0.440 e. The third kappa shape index (κ3) is 1.96. The number of nitrogens with zero attached hydrogens (tertiary/aromatic N) is 2. The van der Waals surface area contributed by atoms with Gasteiger partial charge in [-0.2, -0.15) is 5.26 Å². The molecule has 0 fully saturated rings. The number of oxazole rings is 1. The number of benzene rings is 2. The molecule has 0 aliphatic carbocycles. The van der Waals surface area contributed by atoms with Crippen molar-refractivity contribution in [1.82, 2.24) is 4.98 Å². The molecule has 0 unspecified atom stereocenters. The smallest absolute Gasteiger partial charge is 0.199 e. The number of para-hydroxylation sites is 2. The van der Waals surface area contributed by atoms with Gasteiger partial charge in [0, 0.05) is 6.42 Å². The molecule has 0 aliphatic rings. The molecule has 0 N–H and O–H groups in total. The van der Waals surface area contributed by atoms with Crippen LogP contribution in [0.25, 0.3) is 11.1 Å². The molecule has 2 aromatic carbocycles. The van der Waals surface area contributed by atoms with Gasteiger partial charge in [0.1, 0.15) is 5.52 Å². The Morgan fingerprint density at radius 2 is 1.83 bits per heavy atom. The van der Waals surface area contributed by atoms with Gasteiger partial charge in [0.05, 0.1) is 11.6 Å². The van der Waals surface area contributed by atoms with Crippen molar-refractivity contribution in [2.24, 2.45) is 0 Å². The van der Waals surface area contributed by atoms with Gasteiger partial charge >= 0.3 is 0 Å². The molecule has 86 valence electrons. The summed E-state index contributed by atoms with van der Waals surface area (Å²) in [4.78, 5) is 4.42. The van der Waals surface area contributed by atoms with Crippen LogP contribution in [0.5, 0.6) is 0 Å². The molecule has 0 aliphatic heterocycles. The average molecular weight is 234 g/mol. The van der Waals surface area contributed by atoms with Crippen LogP contribution in [-0.4, -0.2) is 4.98 Å². The van der Waals surface area contributed by atoms with Crippen LogP contribution in [-0.2, 0) is 6.42 Å². The van der Waals surface area contributed by atoms with Crippen LogP contribution >= 0.6 is 0 Å². The van der Waals surface area contributed by atoms with Crippen molar-refractivity contribution in [3.05, 3.63) is 65.5 Å². The number of fused-ring (bicyclic) bond motifs is 1. The van der Waals surface area contributed by atoms with Crippen LogP contribution in [0.3, 0.4) is 0 Å². The monoisotopic (exact) mass is 234 g/mol. The Morgan fingerprint density at radius 3 is 2.56 bits per heavy atom. The highest BCUT2D eigenvalue weighted by Crippen LogP contribution is 2.17. The molecule has 0 amide bonds. The van der Waals surface area contributed by atoms with E-state index in [4.69, 9.17) is 9.68 Å². The molecule has 1 heterocycles. The Morgan fingerprint density at radius 1 is 1.06 bits per heavy atom. The van der Waals surface area contributed by atoms with Gasteiger partial charge in [-0.25, -0.2) is 4.98 Å². The summed E-state index contributed by atoms with van der Waals surface area (Å²) in [5, 5.41) is 8.73. The highest BCUT2D eigenvalue weighted by Gasteiger charge is 2.05. The van der Waals surface area contributed by atoms with E-state index in [1.54, 1.807) is 12.1 Å². The molecule has 1 aromatic heterocycles. The minimum atomic E-state index is 0.639. The molecule has 0 atom stereocenters. The lowest BCUT2D eigenvalue weighted by atomic mass is 10.1.